The molecule has 8 nitrogen and oxygen atoms in total. The minimum Gasteiger partial charge on any atom is -0.338 e. The zero-order chi connectivity index (χ0) is 19.5. The topological polar surface area (TPSA) is 76.1 Å². The van der Waals surface area contributed by atoms with Gasteiger partial charge in [0.1, 0.15) is 11.6 Å². The fraction of sp³-hybridized carbons (Fsp3) is 0.500. The SMILES string of the molecule is CCn1c(CN(C)C)nnc1C1CCN(c2noc(-c3ccccc3)n2)CC1. The number of benzene rings is 1. The van der Waals surface area contributed by atoms with Gasteiger partial charge in [-0.1, -0.05) is 18.2 Å². The van der Waals surface area contributed by atoms with E-state index in [-0.39, 0.29) is 0 Å². The second-order valence-corrected chi connectivity index (χ2v) is 7.48. The van der Waals surface area contributed by atoms with Crippen molar-refractivity contribution in [3.05, 3.63) is 42.0 Å². The van der Waals surface area contributed by atoms with Crippen LogP contribution >= 0.6 is 0 Å². The Balaban J connectivity index is 1.43. The largest absolute Gasteiger partial charge is 0.338 e. The summed E-state index contributed by atoms with van der Waals surface area (Å²) in [7, 11) is 4.11. The van der Waals surface area contributed by atoms with Gasteiger partial charge in [0.25, 0.3) is 11.8 Å². The minimum atomic E-state index is 0.417. The maximum Gasteiger partial charge on any atom is 0.266 e. The summed E-state index contributed by atoms with van der Waals surface area (Å²) in [6.07, 6.45) is 2.02. The van der Waals surface area contributed by atoms with E-state index in [2.05, 4.69) is 55.7 Å². The van der Waals surface area contributed by atoms with Gasteiger partial charge in [-0.2, -0.15) is 4.98 Å². The number of anilines is 1. The summed E-state index contributed by atoms with van der Waals surface area (Å²) in [4.78, 5) is 8.90. The maximum absolute atomic E-state index is 5.46. The summed E-state index contributed by atoms with van der Waals surface area (Å²) in [5, 5.41) is 13.1. The van der Waals surface area contributed by atoms with Crippen LogP contribution in [0.5, 0.6) is 0 Å². The molecule has 28 heavy (non-hydrogen) atoms. The molecule has 3 aromatic rings. The Hall–Kier alpha value is -2.74. The monoisotopic (exact) mass is 381 g/mol. The van der Waals surface area contributed by atoms with Crippen molar-refractivity contribution in [3.8, 4) is 11.5 Å². The first-order chi connectivity index (χ1) is 13.7. The van der Waals surface area contributed by atoms with Crippen LogP contribution < -0.4 is 4.90 Å². The van der Waals surface area contributed by atoms with E-state index in [1.165, 1.54) is 0 Å². The Bertz CT molecular complexity index is 894. The van der Waals surface area contributed by atoms with Crippen LogP contribution in [-0.4, -0.2) is 57.0 Å². The molecule has 0 N–H and O–H groups in total. The molecule has 1 fully saturated rings. The summed E-state index contributed by atoms with van der Waals surface area (Å²) >= 11 is 0. The third-order valence-corrected chi connectivity index (χ3v) is 5.21. The van der Waals surface area contributed by atoms with Crippen LogP contribution in [0.2, 0.25) is 0 Å². The van der Waals surface area contributed by atoms with Crippen molar-refractivity contribution in [3.63, 3.8) is 0 Å². The summed E-state index contributed by atoms with van der Waals surface area (Å²) in [6.45, 7) is 5.64. The highest BCUT2D eigenvalue weighted by Gasteiger charge is 2.28. The van der Waals surface area contributed by atoms with Gasteiger partial charge in [-0.3, -0.25) is 0 Å². The molecular formula is C20H27N7O. The lowest BCUT2D eigenvalue weighted by atomic mass is 9.96. The van der Waals surface area contributed by atoms with E-state index in [0.29, 0.717) is 17.8 Å². The van der Waals surface area contributed by atoms with Crippen molar-refractivity contribution in [1.29, 1.82) is 0 Å². The van der Waals surface area contributed by atoms with E-state index in [4.69, 9.17) is 4.52 Å². The van der Waals surface area contributed by atoms with Gasteiger partial charge in [-0.15, -0.1) is 10.2 Å². The van der Waals surface area contributed by atoms with Gasteiger partial charge in [0.2, 0.25) is 0 Å². The molecule has 0 atom stereocenters. The molecule has 1 aliphatic heterocycles. The first-order valence-corrected chi connectivity index (χ1v) is 9.86. The van der Waals surface area contributed by atoms with Crippen molar-refractivity contribution >= 4 is 5.95 Å². The number of hydrogen-bond acceptors (Lipinski definition) is 7. The molecule has 0 saturated carbocycles. The van der Waals surface area contributed by atoms with Gasteiger partial charge in [0, 0.05) is 31.1 Å². The third kappa shape index (κ3) is 3.77. The van der Waals surface area contributed by atoms with Crippen LogP contribution in [0.3, 0.4) is 0 Å². The fourth-order valence-electron chi connectivity index (χ4n) is 3.78. The lowest BCUT2D eigenvalue weighted by molar-refractivity contribution is 0.377. The van der Waals surface area contributed by atoms with E-state index < -0.39 is 0 Å². The van der Waals surface area contributed by atoms with Crippen molar-refractivity contribution in [2.45, 2.75) is 38.8 Å². The lowest BCUT2D eigenvalue weighted by Gasteiger charge is -2.30. The van der Waals surface area contributed by atoms with Crippen LogP contribution in [0, 0.1) is 0 Å². The summed E-state index contributed by atoms with van der Waals surface area (Å²) in [5.41, 5.74) is 0.945. The Morgan fingerprint density at radius 1 is 1.11 bits per heavy atom. The van der Waals surface area contributed by atoms with Gasteiger partial charge in [0.05, 0.1) is 6.54 Å². The Morgan fingerprint density at radius 3 is 2.54 bits per heavy atom. The second-order valence-electron chi connectivity index (χ2n) is 7.48. The molecule has 1 aromatic carbocycles. The van der Waals surface area contributed by atoms with E-state index >= 15 is 0 Å². The van der Waals surface area contributed by atoms with Gasteiger partial charge < -0.3 is 18.9 Å². The average molecular weight is 381 g/mol. The van der Waals surface area contributed by atoms with Crippen LogP contribution in [0.25, 0.3) is 11.5 Å². The number of nitrogens with zero attached hydrogens (tertiary/aromatic N) is 7. The Labute approximate surface area is 165 Å². The van der Waals surface area contributed by atoms with Crippen molar-refractivity contribution in [2.75, 3.05) is 32.1 Å². The molecule has 2 aromatic heterocycles. The van der Waals surface area contributed by atoms with Gasteiger partial charge in [-0.25, -0.2) is 0 Å². The van der Waals surface area contributed by atoms with E-state index in [1.54, 1.807) is 0 Å². The van der Waals surface area contributed by atoms with E-state index in [0.717, 1.165) is 56.2 Å². The standard InChI is InChI=1S/C20H27N7O/c1-4-27-17(14-25(2)3)22-23-18(27)15-10-12-26(13-11-15)20-21-19(28-24-20)16-8-6-5-7-9-16/h5-9,15H,4,10-14H2,1-3H3. The first-order valence-electron chi connectivity index (χ1n) is 9.86. The van der Waals surface area contributed by atoms with Gasteiger partial charge >= 0.3 is 0 Å². The molecule has 1 aliphatic rings. The minimum absolute atomic E-state index is 0.417. The van der Waals surface area contributed by atoms with Crippen LogP contribution in [0.1, 0.15) is 37.3 Å². The zero-order valence-corrected chi connectivity index (χ0v) is 16.7. The molecular weight excluding hydrogens is 354 g/mol. The predicted octanol–water partition coefficient (Wildman–Crippen LogP) is 2.79. The fourth-order valence-corrected chi connectivity index (χ4v) is 3.78. The number of piperidine rings is 1. The quantitative estimate of drug-likeness (QED) is 0.650. The summed E-state index contributed by atoms with van der Waals surface area (Å²) in [5.74, 6) is 3.80. The molecule has 148 valence electrons. The lowest BCUT2D eigenvalue weighted by Crippen LogP contribution is -2.34. The highest BCUT2D eigenvalue weighted by molar-refractivity contribution is 5.54. The number of aromatic nitrogens is 5. The summed E-state index contributed by atoms with van der Waals surface area (Å²) in [6, 6.07) is 9.88. The smallest absolute Gasteiger partial charge is 0.266 e. The predicted molar refractivity (Wildman–Crippen MR) is 107 cm³/mol. The third-order valence-electron chi connectivity index (χ3n) is 5.21. The van der Waals surface area contributed by atoms with E-state index in [1.807, 2.05) is 30.3 Å². The molecule has 0 aliphatic carbocycles. The highest BCUT2D eigenvalue weighted by Crippen LogP contribution is 2.30. The van der Waals surface area contributed by atoms with Gasteiger partial charge in [0.15, 0.2) is 0 Å². The van der Waals surface area contributed by atoms with Crippen LogP contribution in [-0.2, 0) is 13.1 Å². The van der Waals surface area contributed by atoms with Crippen molar-refractivity contribution < 1.29 is 4.52 Å². The molecule has 0 unspecified atom stereocenters. The molecule has 0 spiro atoms. The van der Waals surface area contributed by atoms with Crippen LogP contribution in [0.15, 0.2) is 34.9 Å². The number of rotatable bonds is 6. The Kier molecular flexibility index (Phi) is 5.38. The molecule has 0 amide bonds. The summed E-state index contributed by atoms with van der Waals surface area (Å²) < 4.78 is 7.72. The van der Waals surface area contributed by atoms with Crippen LogP contribution in [0.4, 0.5) is 5.95 Å². The molecule has 8 heteroatoms. The first kappa shape index (κ1) is 18.6. The highest BCUT2D eigenvalue weighted by atomic mass is 16.5. The van der Waals surface area contributed by atoms with Crippen molar-refractivity contribution in [2.24, 2.45) is 0 Å². The molecule has 1 saturated heterocycles. The number of hydrogen-bond donors (Lipinski definition) is 0. The molecule has 0 radical (unpaired) electrons. The van der Waals surface area contributed by atoms with Gasteiger partial charge in [-0.05, 0) is 51.2 Å². The molecule has 3 heterocycles. The molecule has 4 rings (SSSR count). The Morgan fingerprint density at radius 2 is 1.86 bits per heavy atom. The second kappa shape index (κ2) is 8.10. The zero-order valence-electron chi connectivity index (χ0n) is 16.7. The maximum atomic E-state index is 5.46. The van der Waals surface area contributed by atoms with E-state index in [9.17, 15) is 0 Å². The normalized spacial score (nSPS) is 15.5. The molecule has 0 bridgehead atoms. The average Bonchev–Trinajstić information content (AvgIpc) is 3.36. The van der Waals surface area contributed by atoms with Crippen molar-refractivity contribution in [1.82, 2.24) is 29.8 Å².